The van der Waals surface area contributed by atoms with Gasteiger partial charge in [-0.25, -0.2) is 13.4 Å². The van der Waals surface area contributed by atoms with Crippen LogP contribution in [-0.2, 0) is 14.8 Å². The number of sulfonamides is 1. The molecule has 1 atom stereocenters. The number of hydrogen-bond acceptors (Lipinski definition) is 5. The molecule has 1 aromatic rings. The largest absolute Gasteiger partial charge is 0.369 e. The van der Waals surface area contributed by atoms with Crippen LogP contribution in [0.5, 0.6) is 0 Å². The molecule has 0 aliphatic carbocycles. The molecule has 1 unspecified atom stereocenters. The monoisotopic (exact) mass is 332 g/mol. The van der Waals surface area contributed by atoms with Crippen molar-refractivity contribution in [2.45, 2.75) is 24.8 Å². The van der Waals surface area contributed by atoms with E-state index in [4.69, 9.17) is 11.6 Å². The Balaban J connectivity index is 2.35. The quantitative estimate of drug-likeness (QED) is 0.846. The maximum absolute atomic E-state index is 12.6. The Labute approximate surface area is 128 Å². The van der Waals surface area contributed by atoms with Gasteiger partial charge < -0.3 is 10.6 Å². The van der Waals surface area contributed by atoms with Gasteiger partial charge in [-0.2, -0.15) is 4.31 Å². The fraction of sp³-hybridized carbons (Fsp3) is 0.500. The van der Waals surface area contributed by atoms with Gasteiger partial charge in [-0.1, -0.05) is 11.6 Å². The van der Waals surface area contributed by atoms with Crippen LogP contribution >= 0.6 is 11.6 Å². The third-order valence-corrected chi connectivity index (χ3v) is 5.43. The second-order valence-electron chi connectivity index (χ2n) is 4.61. The van der Waals surface area contributed by atoms with E-state index < -0.39 is 16.1 Å². The molecule has 2 rings (SSSR count). The van der Waals surface area contributed by atoms with Gasteiger partial charge >= 0.3 is 0 Å². The predicted molar refractivity (Wildman–Crippen MR) is 79.8 cm³/mol. The van der Waals surface area contributed by atoms with Crippen LogP contribution in [0.15, 0.2) is 17.2 Å². The highest BCUT2D eigenvalue weighted by Gasteiger charge is 2.35. The van der Waals surface area contributed by atoms with E-state index in [0.29, 0.717) is 18.9 Å². The van der Waals surface area contributed by atoms with Gasteiger partial charge in [0.25, 0.3) is 0 Å². The first-order chi connectivity index (χ1) is 9.87. The Kier molecular flexibility index (Phi) is 4.70. The van der Waals surface area contributed by atoms with Crippen LogP contribution in [0.1, 0.15) is 13.8 Å². The van der Waals surface area contributed by atoms with Crippen molar-refractivity contribution < 1.29 is 13.2 Å². The normalized spacial score (nSPS) is 20.1. The maximum Gasteiger partial charge on any atom is 0.245 e. The van der Waals surface area contributed by atoms with Crippen LogP contribution in [0.4, 0.5) is 5.82 Å². The number of piperazine rings is 1. The molecule has 1 saturated heterocycles. The third kappa shape index (κ3) is 3.12. The molecule has 1 fully saturated rings. The molecular formula is C12H17ClN4O3S. The van der Waals surface area contributed by atoms with Crippen LogP contribution in [0.25, 0.3) is 0 Å². The van der Waals surface area contributed by atoms with Crippen molar-refractivity contribution in [1.29, 1.82) is 0 Å². The molecule has 1 amide bonds. The molecule has 1 aliphatic heterocycles. The highest BCUT2D eigenvalue weighted by Crippen LogP contribution is 2.25. The number of nitrogens with one attached hydrogen (secondary N) is 2. The average Bonchev–Trinajstić information content (AvgIpc) is 2.44. The second kappa shape index (κ2) is 6.17. The molecule has 1 aromatic heterocycles. The van der Waals surface area contributed by atoms with E-state index in [1.54, 1.807) is 6.92 Å². The molecule has 0 radical (unpaired) electrons. The van der Waals surface area contributed by atoms with Gasteiger partial charge in [0.05, 0.1) is 5.02 Å². The lowest BCUT2D eigenvalue weighted by Gasteiger charge is -2.31. The summed E-state index contributed by atoms with van der Waals surface area (Å²) in [6.45, 7) is 4.58. The first kappa shape index (κ1) is 16.0. The van der Waals surface area contributed by atoms with Gasteiger partial charge in [-0.05, 0) is 19.9 Å². The van der Waals surface area contributed by atoms with Crippen LogP contribution in [0.2, 0.25) is 5.02 Å². The van der Waals surface area contributed by atoms with Crippen LogP contribution in [-0.4, -0.2) is 49.3 Å². The van der Waals surface area contributed by atoms with Crippen molar-refractivity contribution in [2.24, 2.45) is 0 Å². The van der Waals surface area contributed by atoms with Gasteiger partial charge in [0.15, 0.2) is 0 Å². The first-order valence-corrected chi connectivity index (χ1v) is 8.38. The number of amides is 1. The molecule has 1 aliphatic rings. The molecule has 2 heterocycles. The smallest absolute Gasteiger partial charge is 0.245 e. The molecule has 116 valence electrons. The standard InChI is InChI=1S/C12H17ClN4O3S/c1-3-14-11-10(13)6-9(7-16-11)21(19,20)17-5-4-15-12(18)8(17)2/h6-8H,3-5H2,1-2H3,(H,14,16)(H,15,18). The molecule has 7 nitrogen and oxygen atoms in total. The molecule has 0 spiro atoms. The number of carbonyl (C=O) groups is 1. The number of anilines is 1. The van der Waals surface area contributed by atoms with E-state index in [1.807, 2.05) is 6.92 Å². The van der Waals surface area contributed by atoms with Crippen molar-refractivity contribution in [1.82, 2.24) is 14.6 Å². The summed E-state index contributed by atoms with van der Waals surface area (Å²) in [7, 11) is -3.80. The Morgan fingerprint density at radius 2 is 2.29 bits per heavy atom. The zero-order valence-corrected chi connectivity index (χ0v) is 13.3. The number of hydrogen-bond donors (Lipinski definition) is 2. The zero-order chi connectivity index (χ0) is 15.6. The number of rotatable bonds is 4. The second-order valence-corrected chi connectivity index (χ2v) is 6.91. The first-order valence-electron chi connectivity index (χ1n) is 6.57. The number of nitrogens with zero attached hydrogens (tertiary/aromatic N) is 2. The minimum absolute atomic E-state index is 0.0179. The fourth-order valence-corrected chi connectivity index (χ4v) is 3.95. The van der Waals surface area contributed by atoms with E-state index in [9.17, 15) is 13.2 Å². The van der Waals surface area contributed by atoms with Gasteiger partial charge in [-0.15, -0.1) is 0 Å². The van der Waals surface area contributed by atoms with Gasteiger partial charge in [0.2, 0.25) is 15.9 Å². The zero-order valence-electron chi connectivity index (χ0n) is 11.8. The molecule has 21 heavy (non-hydrogen) atoms. The van der Waals surface area contributed by atoms with Crippen molar-refractivity contribution in [3.05, 3.63) is 17.3 Å². The fourth-order valence-electron chi connectivity index (χ4n) is 2.08. The molecular weight excluding hydrogens is 316 g/mol. The summed E-state index contributed by atoms with van der Waals surface area (Å²) in [6.07, 6.45) is 1.25. The predicted octanol–water partition coefficient (Wildman–Crippen LogP) is 0.676. The summed E-state index contributed by atoms with van der Waals surface area (Å²) in [5, 5.41) is 5.79. The Morgan fingerprint density at radius 3 is 2.90 bits per heavy atom. The molecule has 2 N–H and O–H groups in total. The Hall–Kier alpha value is -1.38. The van der Waals surface area contributed by atoms with E-state index >= 15 is 0 Å². The van der Waals surface area contributed by atoms with Crippen LogP contribution in [0, 0.1) is 0 Å². The van der Waals surface area contributed by atoms with Gasteiger partial charge in [-0.3, -0.25) is 4.79 Å². The SMILES string of the molecule is CCNc1ncc(S(=O)(=O)N2CCNC(=O)C2C)cc1Cl. The van der Waals surface area contributed by atoms with Crippen molar-refractivity contribution in [2.75, 3.05) is 25.0 Å². The third-order valence-electron chi connectivity index (χ3n) is 3.21. The minimum Gasteiger partial charge on any atom is -0.369 e. The van der Waals surface area contributed by atoms with Gasteiger partial charge in [0, 0.05) is 25.8 Å². The lowest BCUT2D eigenvalue weighted by molar-refractivity contribution is -0.126. The maximum atomic E-state index is 12.6. The van der Waals surface area contributed by atoms with Crippen molar-refractivity contribution >= 4 is 33.3 Å². The van der Waals surface area contributed by atoms with E-state index in [2.05, 4.69) is 15.6 Å². The summed E-state index contributed by atoms with van der Waals surface area (Å²) >= 11 is 6.03. The highest BCUT2D eigenvalue weighted by atomic mass is 35.5. The molecule has 0 bridgehead atoms. The highest BCUT2D eigenvalue weighted by molar-refractivity contribution is 7.89. The topological polar surface area (TPSA) is 91.4 Å². The average molecular weight is 333 g/mol. The van der Waals surface area contributed by atoms with E-state index in [0.717, 1.165) is 4.31 Å². The van der Waals surface area contributed by atoms with E-state index in [1.165, 1.54) is 12.3 Å². The molecule has 0 aromatic carbocycles. The van der Waals surface area contributed by atoms with Crippen LogP contribution in [0.3, 0.4) is 0 Å². The summed E-state index contributed by atoms with van der Waals surface area (Å²) in [5.41, 5.74) is 0. The molecule has 0 saturated carbocycles. The van der Waals surface area contributed by atoms with Crippen molar-refractivity contribution in [3.8, 4) is 0 Å². The van der Waals surface area contributed by atoms with E-state index in [-0.39, 0.29) is 22.4 Å². The Bertz CT molecular complexity index is 650. The number of carbonyl (C=O) groups excluding carboxylic acids is 1. The summed E-state index contributed by atoms with van der Waals surface area (Å²) in [5.74, 6) is 0.121. The number of aromatic nitrogens is 1. The van der Waals surface area contributed by atoms with Crippen molar-refractivity contribution in [3.63, 3.8) is 0 Å². The summed E-state index contributed by atoms with van der Waals surface area (Å²) in [6, 6.07) is 0.595. The number of pyridine rings is 1. The lowest BCUT2D eigenvalue weighted by Crippen LogP contribution is -2.55. The van der Waals surface area contributed by atoms with Crippen LogP contribution < -0.4 is 10.6 Å². The lowest BCUT2D eigenvalue weighted by atomic mass is 10.2. The van der Waals surface area contributed by atoms with Gasteiger partial charge in [0.1, 0.15) is 16.8 Å². The Morgan fingerprint density at radius 1 is 1.57 bits per heavy atom. The number of halogens is 1. The summed E-state index contributed by atoms with van der Waals surface area (Å²) in [4.78, 5) is 15.6. The summed E-state index contributed by atoms with van der Waals surface area (Å²) < 4.78 is 26.3. The molecule has 9 heteroatoms. The minimum atomic E-state index is -3.80.